The van der Waals surface area contributed by atoms with Crippen molar-refractivity contribution < 1.29 is 28.6 Å². The maximum atomic E-state index is 12.6. The molecule has 0 aliphatic carbocycles. The molecule has 0 N–H and O–H groups in total. The molecule has 6 heteroatoms. The van der Waals surface area contributed by atoms with Crippen LogP contribution in [0.5, 0.6) is 0 Å². The van der Waals surface area contributed by atoms with Gasteiger partial charge in [0.25, 0.3) is 0 Å². The summed E-state index contributed by atoms with van der Waals surface area (Å²) in [7, 11) is 0. The number of ether oxygens (including phenoxy) is 3. The minimum absolute atomic E-state index is 0.0714. The lowest BCUT2D eigenvalue weighted by Crippen LogP contribution is -2.30. The topological polar surface area (TPSA) is 78.9 Å². The fourth-order valence-electron chi connectivity index (χ4n) is 6.12. The number of allylic oxidation sites excluding steroid dienone is 4. The van der Waals surface area contributed by atoms with Gasteiger partial charge in [0.1, 0.15) is 13.2 Å². The van der Waals surface area contributed by atoms with E-state index in [1.54, 1.807) is 0 Å². The number of carbonyl (C=O) groups excluding carboxylic acids is 3. The molecular formula is C45H82O6. The zero-order chi connectivity index (χ0) is 37.3. The minimum atomic E-state index is -0.764. The average Bonchev–Trinajstić information content (AvgIpc) is 3.12. The Kier molecular flexibility index (Phi) is 39.0. The third kappa shape index (κ3) is 38.9. The molecule has 0 aliphatic rings. The van der Waals surface area contributed by atoms with Crippen LogP contribution in [0, 0.1) is 0 Å². The predicted octanol–water partition coefficient (Wildman–Crippen LogP) is 13.6. The molecular weight excluding hydrogens is 636 g/mol. The molecule has 0 radical (unpaired) electrons. The van der Waals surface area contributed by atoms with Crippen molar-refractivity contribution in [2.75, 3.05) is 13.2 Å². The van der Waals surface area contributed by atoms with E-state index in [0.717, 1.165) is 70.6 Å². The predicted molar refractivity (Wildman–Crippen MR) is 215 cm³/mol. The summed E-state index contributed by atoms with van der Waals surface area (Å²) in [4.78, 5) is 37.5. The highest BCUT2D eigenvalue weighted by molar-refractivity contribution is 5.71. The molecule has 298 valence electrons. The SMILES string of the molecule is CCCCC/C=C\C/C=C\CCCCCCCCCC(=O)OCC(COC(=O)CCCCCCCCC)OC(=O)CCCCCCCCCCC. The zero-order valence-corrected chi connectivity index (χ0v) is 33.9. The van der Waals surface area contributed by atoms with Crippen LogP contribution in [-0.2, 0) is 28.6 Å². The van der Waals surface area contributed by atoms with E-state index < -0.39 is 6.10 Å². The van der Waals surface area contributed by atoms with Crippen LogP contribution >= 0.6 is 0 Å². The molecule has 0 fully saturated rings. The van der Waals surface area contributed by atoms with Gasteiger partial charge in [0.2, 0.25) is 0 Å². The van der Waals surface area contributed by atoms with E-state index in [2.05, 4.69) is 45.1 Å². The van der Waals surface area contributed by atoms with Crippen molar-refractivity contribution in [3.05, 3.63) is 24.3 Å². The lowest BCUT2D eigenvalue weighted by molar-refractivity contribution is -0.167. The van der Waals surface area contributed by atoms with Crippen molar-refractivity contribution in [3.8, 4) is 0 Å². The zero-order valence-electron chi connectivity index (χ0n) is 33.9. The summed E-state index contributed by atoms with van der Waals surface area (Å²) in [5.74, 6) is -0.886. The van der Waals surface area contributed by atoms with E-state index in [-0.39, 0.29) is 31.1 Å². The number of hydrogen-bond acceptors (Lipinski definition) is 6. The molecule has 0 aromatic rings. The van der Waals surface area contributed by atoms with Crippen molar-refractivity contribution in [3.63, 3.8) is 0 Å². The number of unbranched alkanes of at least 4 members (excludes halogenated alkanes) is 24. The van der Waals surface area contributed by atoms with E-state index in [1.807, 2.05) is 0 Å². The van der Waals surface area contributed by atoms with E-state index in [1.165, 1.54) is 116 Å². The first-order chi connectivity index (χ1) is 25.0. The van der Waals surface area contributed by atoms with E-state index >= 15 is 0 Å². The maximum Gasteiger partial charge on any atom is 0.306 e. The first-order valence-corrected chi connectivity index (χ1v) is 21.8. The highest BCUT2D eigenvalue weighted by atomic mass is 16.6. The smallest absolute Gasteiger partial charge is 0.306 e. The lowest BCUT2D eigenvalue weighted by Gasteiger charge is -2.18. The van der Waals surface area contributed by atoms with Crippen LogP contribution in [0.25, 0.3) is 0 Å². The molecule has 0 aromatic heterocycles. The van der Waals surface area contributed by atoms with Crippen LogP contribution in [0.1, 0.15) is 226 Å². The third-order valence-corrected chi connectivity index (χ3v) is 9.46. The molecule has 0 saturated heterocycles. The number of esters is 3. The Morgan fingerprint density at radius 2 is 0.706 bits per heavy atom. The Bertz CT molecular complexity index is 835. The van der Waals surface area contributed by atoms with Crippen LogP contribution < -0.4 is 0 Å². The highest BCUT2D eigenvalue weighted by Gasteiger charge is 2.19. The van der Waals surface area contributed by atoms with Crippen molar-refractivity contribution in [1.29, 1.82) is 0 Å². The van der Waals surface area contributed by atoms with Crippen molar-refractivity contribution in [2.45, 2.75) is 232 Å². The minimum Gasteiger partial charge on any atom is -0.462 e. The van der Waals surface area contributed by atoms with Gasteiger partial charge in [-0.05, 0) is 51.4 Å². The quantitative estimate of drug-likeness (QED) is 0.0272. The molecule has 1 atom stereocenters. The van der Waals surface area contributed by atoms with Crippen LogP contribution in [0.15, 0.2) is 24.3 Å². The molecule has 0 heterocycles. The number of hydrogen-bond donors (Lipinski definition) is 0. The van der Waals surface area contributed by atoms with Crippen LogP contribution in [-0.4, -0.2) is 37.2 Å². The molecule has 0 rings (SSSR count). The monoisotopic (exact) mass is 719 g/mol. The maximum absolute atomic E-state index is 12.6. The Morgan fingerprint density at radius 3 is 1.12 bits per heavy atom. The third-order valence-electron chi connectivity index (χ3n) is 9.46. The second-order valence-corrected chi connectivity index (χ2v) is 14.6. The molecule has 0 spiro atoms. The van der Waals surface area contributed by atoms with E-state index in [0.29, 0.717) is 19.3 Å². The van der Waals surface area contributed by atoms with Gasteiger partial charge < -0.3 is 14.2 Å². The first-order valence-electron chi connectivity index (χ1n) is 21.8. The van der Waals surface area contributed by atoms with E-state index in [4.69, 9.17) is 14.2 Å². The van der Waals surface area contributed by atoms with Crippen molar-refractivity contribution in [1.82, 2.24) is 0 Å². The van der Waals surface area contributed by atoms with Gasteiger partial charge in [-0.2, -0.15) is 0 Å². The molecule has 0 bridgehead atoms. The molecule has 6 nitrogen and oxygen atoms in total. The summed E-state index contributed by atoms with van der Waals surface area (Å²) in [6.45, 7) is 6.54. The van der Waals surface area contributed by atoms with Gasteiger partial charge in [-0.3, -0.25) is 14.4 Å². The fourth-order valence-corrected chi connectivity index (χ4v) is 6.12. The standard InChI is InChI=1S/C45H82O6/c1-4-7-10-13-16-18-19-20-21-22-23-24-25-27-29-32-35-38-44(47)50-41-42(40-49-43(46)37-34-31-28-15-12-9-6-3)51-45(48)39-36-33-30-26-17-14-11-8-5-2/h16,18,20-21,42H,4-15,17,19,22-41H2,1-3H3/b18-16-,21-20-. The largest absolute Gasteiger partial charge is 0.462 e. The summed E-state index contributed by atoms with van der Waals surface area (Å²) in [5.41, 5.74) is 0. The Hall–Kier alpha value is -2.11. The molecule has 0 aromatic carbocycles. The highest BCUT2D eigenvalue weighted by Crippen LogP contribution is 2.14. The Morgan fingerprint density at radius 1 is 0.392 bits per heavy atom. The van der Waals surface area contributed by atoms with Gasteiger partial charge in [0.15, 0.2) is 6.10 Å². The second kappa shape index (κ2) is 40.7. The number of carbonyl (C=O) groups is 3. The second-order valence-electron chi connectivity index (χ2n) is 14.6. The van der Waals surface area contributed by atoms with Gasteiger partial charge in [-0.15, -0.1) is 0 Å². The van der Waals surface area contributed by atoms with E-state index in [9.17, 15) is 14.4 Å². The average molecular weight is 719 g/mol. The van der Waals surface area contributed by atoms with Gasteiger partial charge in [0, 0.05) is 19.3 Å². The number of rotatable bonds is 39. The Balaban J connectivity index is 4.25. The molecule has 0 aliphatic heterocycles. The molecule has 0 saturated carbocycles. The van der Waals surface area contributed by atoms with Crippen LogP contribution in [0.3, 0.4) is 0 Å². The summed E-state index contributed by atoms with van der Waals surface area (Å²) < 4.78 is 16.6. The summed E-state index contributed by atoms with van der Waals surface area (Å²) in [6.07, 6.45) is 43.1. The first kappa shape index (κ1) is 48.9. The van der Waals surface area contributed by atoms with Crippen LogP contribution in [0.4, 0.5) is 0 Å². The Labute approximate surface area is 315 Å². The lowest BCUT2D eigenvalue weighted by atomic mass is 10.1. The molecule has 0 amide bonds. The summed E-state index contributed by atoms with van der Waals surface area (Å²) in [5, 5.41) is 0. The fraction of sp³-hybridized carbons (Fsp3) is 0.844. The van der Waals surface area contributed by atoms with Crippen molar-refractivity contribution in [2.24, 2.45) is 0 Å². The van der Waals surface area contributed by atoms with Gasteiger partial charge in [-0.25, -0.2) is 0 Å². The van der Waals surface area contributed by atoms with Gasteiger partial charge in [-0.1, -0.05) is 180 Å². The van der Waals surface area contributed by atoms with Crippen molar-refractivity contribution >= 4 is 17.9 Å². The molecule has 51 heavy (non-hydrogen) atoms. The summed E-state index contributed by atoms with van der Waals surface area (Å²) >= 11 is 0. The summed E-state index contributed by atoms with van der Waals surface area (Å²) in [6, 6.07) is 0. The van der Waals surface area contributed by atoms with Gasteiger partial charge >= 0.3 is 17.9 Å². The molecule has 1 unspecified atom stereocenters. The normalized spacial score (nSPS) is 12.1. The van der Waals surface area contributed by atoms with Gasteiger partial charge in [0.05, 0.1) is 0 Å². The van der Waals surface area contributed by atoms with Crippen LogP contribution in [0.2, 0.25) is 0 Å².